The number of nitrogens with two attached hydrogens (primary N) is 1. The summed E-state index contributed by atoms with van der Waals surface area (Å²) in [4.78, 5) is 15.7. The van der Waals surface area contributed by atoms with Crippen LogP contribution in [0.4, 0.5) is 5.82 Å². The van der Waals surface area contributed by atoms with Gasteiger partial charge in [-0.05, 0) is 17.7 Å². The number of aromatic amines is 1. The Labute approximate surface area is 174 Å². The van der Waals surface area contributed by atoms with Crippen molar-refractivity contribution in [2.45, 2.75) is 0 Å². The van der Waals surface area contributed by atoms with Gasteiger partial charge in [-0.15, -0.1) is 0 Å². The van der Waals surface area contributed by atoms with Gasteiger partial charge in [0.05, 0.1) is 38.5 Å². The minimum Gasteiger partial charge on any atom is -0.465 e. The fourth-order valence-electron chi connectivity index (χ4n) is 2.74. The Morgan fingerprint density at radius 2 is 1.79 bits per heavy atom. The summed E-state index contributed by atoms with van der Waals surface area (Å²) in [7, 11) is 3.48. The maximum Gasteiger partial charge on any atom is 0.337 e. The van der Waals surface area contributed by atoms with Crippen molar-refractivity contribution in [3.05, 3.63) is 45.6 Å². The number of H-pyrrole nitrogens is 1. The average molecular weight is 412 g/mol. The number of ether oxygens (including phenoxy) is 2. The first-order valence-electron chi connectivity index (χ1n) is 8.86. The largest absolute Gasteiger partial charge is 0.465 e. The van der Waals surface area contributed by atoms with Gasteiger partial charge in [-0.25, -0.2) is 4.79 Å². The Kier molecular flexibility index (Phi) is 7.87. The molecule has 4 N–H and O–H groups in total. The third kappa shape index (κ3) is 5.39. The topological polar surface area (TPSA) is 129 Å². The normalized spacial score (nSPS) is 13.4. The number of esters is 1. The Balaban J connectivity index is 0.000000360. The lowest BCUT2D eigenvalue weighted by molar-refractivity contribution is -0.888. The first-order chi connectivity index (χ1) is 13.9. The van der Waals surface area contributed by atoms with Gasteiger partial charge in [0.15, 0.2) is 0 Å². The number of nitrogens with one attached hydrogen (secondary N) is 2. The Hall–Kier alpha value is -3.24. The molecule has 1 fully saturated rings. The molecule has 0 radical (unpaired) electrons. The zero-order valence-corrected chi connectivity index (χ0v) is 17.1. The fourth-order valence-corrected chi connectivity index (χ4v) is 3.00. The highest BCUT2D eigenvalue weighted by atomic mass is 32.1. The van der Waals surface area contributed by atoms with Crippen LogP contribution in [0.25, 0.3) is 11.1 Å². The van der Waals surface area contributed by atoms with Crippen molar-refractivity contribution >= 4 is 24.0 Å². The van der Waals surface area contributed by atoms with Crippen molar-refractivity contribution in [3.63, 3.8) is 0 Å². The molecular weight excluding hydrogens is 390 g/mol. The van der Waals surface area contributed by atoms with E-state index in [0.717, 1.165) is 13.2 Å². The quantitative estimate of drug-likeness (QED) is 0.497. The van der Waals surface area contributed by atoms with Gasteiger partial charge in [0.1, 0.15) is 41.2 Å². The van der Waals surface area contributed by atoms with Crippen molar-refractivity contribution in [2.75, 3.05) is 46.2 Å². The number of benzene rings is 1. The molecule has 1 aliphatic rings. The van der Waals surface area contributed by atoms with E-state index in [2.05, 4.69) is 16.8 Å². The smallest absolute Gasteiger partial charge is 0.337 e. The van der Waals surface area contributed by atoms with E-state index in [4.69, 9.17) is 22.7 Å². The number of carbonyl (C=O) groups is 1. The van der Waals surface area contributed by atoms with Gasteiger partial charge in [0.2, 0.25) is 0 Å². The highest BCUT2D eigenvalue weighted by Gasteiger charge is 2.17. The summed E-state index contributed by atoms with van der Waals surface area (Å²) in [5.74, 6) is -0.379. The summed E-state index contributed by atoms with van der Waals surface area (Å²) < 4.78 is 9.90. The van der Waals surface area contributed by atoms with E-state index in [9.17, 15) is 15.3 Å². The maximum atomic E-state index is 11.4. The predicted molar refractivity (Wildman–Crippen MR) is 110 cm³/mol. The Morgan fingerprint density at radius 1 is 1.21 bits per heavy atom. The molecule has 0 aliphatic carbocycles. The molecule has 0 amide bonds. The summed E-state index contributed by atoms with van der Waals surface area (Å²) in [5.41, 5.74) is 7.33. The number of hydrogen-bond acceptors (Lipinski definition) is 7. The predicted octanol–water partition coefficient (Wildman–Crippen LogP) is 1.05. The number of pyridine rings is 1. The van der Waals surface area contributed by atoms with Gasteiger partial charge >= 0.3 is 5.97 Å². The molecule has 1 saturated heterocycles. The van der Waals surface area contributed by atoms with Gasteiger partial charge in [-0.1, -0.05) is 24.4 Å². The number of quaternary nitrogens is 1. The van der Waals surface area contributed by atoms with Crippen molar-refractivity contribution in [1.29, 1.82) is 10.5 Å². The van der Waals surface area contributed by atoms with Crippen LogP contribution in [0.5, 0.6) is 0 Å². The van der Waals surface area contributed by atoms with Gasteiger partial charge in [0.25, 0.3) is 0 Å². The molecule has 29 heavy (non-hydrogen) atoms. The molecule has 0 atom stereocenters. The van der Waals surface area contributed by atoms with Gasteiger partial charge in [-0.2, -0.15) is 10.5 Å². The Bertz CT molecular complexity index is 1010. The van der Waals surface area contributed by atoms with E-state index in [1.54, 1.807) is 29.2 Å². The first-order valence-corrected chi connectivity index (χ1v) is 9.27. The van der Waals surface area contributed by atoms with Crippen LogP contribution in [0.3, 0.4) is 0 Å². The van der Waals surface area contributed by atoms with Crippen molar-refractivity contribution in [3.8, 4) is 23.3 Å². The van der Waals surface area contributed by atoms with Gasteiger partial charge in [0, 0.05) is 5.56 Å². The number of methoxy groups -OCH3 is 1. The maximum absolute atomic E-state index is 11.4. The molecule has 1 aromatic carbocycles. The minimum atomic E-state index is -0.475. The van der Waals surface area contributed by atoms with E-state index < -0.39 is 5.97 Å². The second kappa shape index (κ2) is 10.3. The number of aromatic nitrogens is 1. The molecular formula is C20H22N5O3S+. The van der Waals surface area contributed by atoms with E-state index in [0.29, 0.717) is 16.7 Å². The molecule has 1 aromatic heterocycles. The molecule has 0 unspecified atom stereocenters. The third-order valence-corrected chi connectivity index (χ3v) is 4.72. The number of nitrogens with zero attached hydrogens (tertiary/aromatic N) is 2. The number of carbonyl (C=O) groups excluding carboxylic acids is 1. The summed E-state index contributed by atoms with van der Waals surface area (Å²) in [6.45, 7) is 4.26. The zero-order valence-electron chi connectivity index (χ0n) is 16.2. The number of rotatable bonds is 2. The lowest BCUT2D eigenvalue weighted by Gasteiger charge is -2.18. The fraction of sp³-hybridized carbons (Fsp3) is 0.300. The third-order valence-electron chi connectivity index (χ3n) is 4.41. The SMILES string of the molecule is COC(=O)c1ccc(-c2c(C#N)c(N)[nH]c(=S)c2C#N)cc1.C[NH+]1CCOCC1. The molecule has 0 bridgehead atoms. The van der Waals surface area contributed by atoms with Crippen molar-refractivity contribution < 1.29 is 19.2 Å². The molecule has 3 rings (SSSR count). The van der Waals surface area contributed by atoms with Crippen LogP contribution in [0.15, 0.2) is 24.3 Å². The number of hydrogen-bond donors (Lipinski definition) is 3. The van der Waals surface area contributed by atoms with Crippen molar-refractivity contribution in [1.82, 2.24) is 4.98 Å². The molecule has 1 aliphatic heterocycles. The standard InChI is InChI=1S/C15H10N4O2S.C5H11NO/c1-21-15(20)9-4-2-8(3-5-9)12-10(6-16)13(18)19-14(22)11(12)7-17;1-6-2-4-7-5-3-6/h2-5H,1H3,(H3,18,19,22);2-5H2,1H3/p+1. The highest BCUT2D eigenvalue weighted by Crippen LogP contribution is 2.30. The van der Waals surface area contributed by atoms with Gasteiger partial charge < -0.3 is 25.1 Å². The van der Waals surface area contributed by atoms with Crippen LogP contribution < -0.4 is 10.6 Å². The Morgan fingerprint density at radius 3 is 2.24 bits per heavy atom. The number of likely N-dealkylation sites (N-methyl/N-ethyl adjacent to an activating group) is 1. The molecule has 0 spiro atoms. The van der Waals surface area contributed by atoms with Crippen LogP contribution in [0.1, 0.15) is 21.5 Å². The van der Waals surface area contributed by atoms with Crippen LogP contribution in [-0.2, 0) is 9.47 Å². The van der Waals surface area contributed by atoms with Crippen LogP contribution >= 0.6 is 12.2 Å². The summed E-state index contributed by atoms with van der Waals surface area (Å²) in [5, 5.41) is 18.6. The number of morpholine rings is 1. The average Bonchev–Trinajstić information content (AvgIpc) is 2.74. The molecule has 0 saturated carbocycles. The second-order valence-electron chi connectivity index (χ2n) is 6.35. The minimum absolute atomic E-state index is 0.0959. The van der Waals surface area contributed by atoms with Gasteiger partial charge in [-0.3, -0.25) is 0 Å². The zero-order chi connectivity index (χ0) is 21.4. The van der Waals surface area contributed by atoms with E-state index in [-0.39, 0.29) is 21.6 Å². The number of anilines is 1. The number of nitrogen functional groups attached to an aromatic ring is 1. The molecule has 2 heterocycles. The lowest BCUT2D eigenvalue weighted by atomic mass is 9.96. The van der Waals surface area contributed by atoms with Crippen LogP contribution in [-0.4, -0.2) is 51.4 Å². The summed E-state index contributed by atoms with van der Waals surface area (Å²) in [6, 6.07) is 10.2. The van der Waals surface area contributed by atoms with Crippen LogP contribution in [0, 0.1) is 27.3 Å². The highest BCUT2D eigenvalue weighted by molar-refractivity contribution is 7.71. The molecule has 8 nitrogen and oxygen atoms in total. The first kappa shape index (κ1) is 22.1. The van der Waals surface area contributed by atoms with E-state index >= 15 is 0 Å². The second-order valence-corrected chi connectivity index (χ2v) is 6.76. The van der Waals surface area contributed by atoms with E-state index in [1.165, 1.54) is 20.2 Å². The van der Waals surface area contributed by atoms with Crippen molar-refractivity contribution in [2.24, 2.45) is 0 Å². The summed E-state index contributed by atoms with van der Waals surface area (Å²) in [6.07, 6.45) is 0. The summed E-state index contributed by atoms with van der Waals surface area (Å²) >= 11 is 5.08. The molecule has 9 heteroatoms. The molecule has 2 aromatic rings. The monoisotopic (exact) mass is 412 g/mol. The number of nitriles is 2. The van der Waals surface area contributed by atoms with Crippen LogP contribution in [0.2, 0.25) is 0 Å². The lowest BCUT2D eigenvalue weighted by Crippen LogP contribution is -3.11. The van der Waals surface area contributed by atoms with E-state index in [1.807, 2.05) is 12.1 Å². The molecule has 150 valence electrons.